The molecular weight excluding hydrogens is 385 g/mol. The van der Waals surface area contributed by atoms with Crippen LogP contribution in [0.25, 0.3) is 0 Å². The third kappa shape index (κ3) is 3.12. The minimum Gasteiger partial charge on any atom is -0.449 e. The zero-order valence-electron chi connectivity index (χ0n) is 14.8. The molecule has 2 bridgehead atoms. The SMILES string of the molecule is Cc1nc(C(C)(C)c2[c-]ccc(C3CC4CCC3CC4)c2)co1.[Rh]. The zero-order valence-corrected chi connectivity index (χ0v) is 16.4. The van der Waals surface area contributed by atoms with Gasteiger partial charge in [0, 0.05) is 31.8 Å². The molecule has 3 heteroatoms. The molecule has 3 saturated carbocycles. The van der Waals surface area contributed by atoms with Crippen LogP contribution >= 0.6 is 0 Å². The number of fused-ring (bicyclic) bond motifs is 3. The monoisotopic (exact) mass is 411 g/mol. The quantitative estimate of drug-likeness (QED) is 0.499. The molecule has 1 atom stereocenters. The van der Waals surface area contributed by atoms with E-state index in [-0.39, 0.29) is 24.9 Å². The smallest absolute Gasteiger partial charge is 0.191 e. The van der Waals surface area contributed by atoms with E-state index in [1.54, 1.807) is 6.26 Å². The first-order valence-corrected chi connectivity index (χ1v) is 8.99. The first kappa shape index (κ1) is 17.9. The molecule has 3 aliphatic carbocycles. The van der Waals surface area contributed by atoms with Gasteiger partial charge in [-0.25, -0.2) is 4.98 Å². The van der Waals surface area contributed by atoms with Crippen molar-refractivity contribution < 1.29 is 23.9 Å². The van der Waals surface area contributed by atoms with Gasteiger partial charge in [0.05, 0.1) is 5.69 Å². The molecule has 1 unspecified atom stereocenters. The molecule has 0 saturated heterocycles. The van der Waals surface area contributed by atoms with Gasteiger partial charge in [0.15, 0.2) is 5.89 Å². The average molecular weight is 411 g/mol. The zero-order chi connectivity index (χ0) is 16.0. The van der Waals surface area contributed by atoms with E-state index in [2.05, 4.69) is 43.1 Å². The number of oxazole rings is 1. The normalized spacial score (nSPS) is 26.2. The van der Waals surface area contributed by atoms with Gasteiger partial charge in [0.2, 0.25) is 0 Å². The van der Waals surface area contributed by atoms with E-state index in [1.807, 2.05) is 6.92 Å². The largest absolute Gasteiger partial charge is 0.449 e. The summed E-state index contributed by atoms with van der Waals surface area (Å²) >= 11 is 0. The number of nitrogens with zero attached hydrogens (tertiary/aromatic N) is 1. The summed E-state index contributed by atoms with van der Waals surface area (Å²) in [6, 6.07) is 10.2. The third-order valence-electron chi connectivity index (χ3n) is 6.23. The first-order chi connectivity index (χ1) is 11.0. The Morgan fingerprint density at radius 1 is 1.21 bits per heavy atom. The van der Waals surface area contributed by atoms with Gasteiger partial charge in [-0.15, -0.1) is 0 Å². The predicted octanol–water partition coefficient (Wildman–Crippen LogP) is 5.40. The fraction of sp³-hybridized carbons (Fsp3) is 0.571. The number of benzene rings is 1. The van der Waals surface area contributed by atoms with Crippen LogP contribution in [0.1, 0.15) is 74.6 Å². The Labute approximate surface area is 158 Å². The van der Waals surface area contributed by atoms with Crippen LogP contribution in [0.3, 0.4) is 0 Å². The van der Waals surface area contributed by atoms with Gasteiger partial charge in [-0.1, -0.05) is 26.7 Å². The Morgan fingerprint density at radius 3 is 2.54 bits per heavy atom. The van der Waals surface area contributed by atoms with E-state index in [4.69, 9.17) is 4.42 Å². The van der Waals surface area contributed by atoms with Crippen LogP contribution in [-0.2, 0) is 24.9 Å². The summed E-state index contributed by atoms with van der Waals surface area (Å²) in [5.74, 6) is 3.34. The second-order valence-corrected chi connectivity index (χ2v) is 8.04. The van der Waals surface area contributed by atoms with Crippen molar-refractivity contribution >= 4 is 0 Å². The Morgan fingerprint density at radius 2 is 1.96 bits per heavy atom. The topological polar surface area (TPSA) is 26.0 Å². The fourth-order valence-corrected chi connectivity index (χ4v) is 4.65. The van der Waals surface area contributed by atoms with E-state index < -0.39 is 0 Å². The Kier molecular flexibility index (Phi) is 5.02. The maximum Gasteiger partial charge on any atom is 0.191 e. The van der Waals surface area contributed by atoms with E-state index in [0.29, 0.717) is 0 Å². The van der Waals surface area contributed by atoms with Crippen LogP contribution in [0, 0.1) is 24.8 Å². The van der Waals surface area contributed by atoms with Gasteiger partial charge in [0.1, 0.15) is 6.26 Å². The van der Waals surface area contributed by atoms with Crippen molar-refractivity contribution in [2.75, 3.05) is 0 Å². The van der Waals surface area contributed by atoms with E-state index in [9.17, 15) is 0 Å². The molecule has 0 N–H and O–H groups in total. The Hall–Kier alpha value is -0.947. The van der Waals surface area contributed by atoms with Gasteiger partial charge < -0.3 is 4.42 Å². The summed E-state index contributed by atoms with van der Waals surface area (Å²) < 4.78 is 5.43. The minimum absolute atomic E-state index is 0. The summed E-state index contributed by atoms with van der Waals surface area (Å²) in [5, 5.41) is 0. The van der Waals surface area contributed by atoms with E-state index in [1.165, 1.54) is 43.2 Å². The molecule has 1 radical (unpaired) electrons. The van der Waals surface area contributed by atoms with Crippen molar-refractivity contribution in [1.82, 2.24) is 4.98 Å². The van der Waals surface area contributed by atoms with Gasteiger partial charge in [-0.3, -0.25) is 0 Å². The number of hydrogen-bond acceptors (Lipinski definition) is 2. The number of rotatable bonds is 3. The Bertz CT molecular complexity index is 697. The minimum atomic E-state index is -0.165. The maximum absolute atomic E-state index is 5.43. The van der Waals surface area contributed by atoms with Crippen molar-refractivity contribution in [2.24, 2.45) is 11.8 Å². The van der Waals surface area contributed by atoms with Crippen molar-refractivity contribution in [3.63, 3.8) is 0 Å². The summed E-state index contributed by atoms with van der Waals surface area (Å²) in [7, 11) is 0. The summed E-state index contributed by atoms with van der Waals surface area (Å²) in [6.07, 6.45) is 8.94. The molecule has 0 amide bonds. The van der Waals surface area contributed by atoms with E-state index >= 15 is 0 Å². The fourth-order valence-electron chi connectivity index (χ4n) is 4.65. The average Bonchev–Trinajstić information content (AvgIpc) is 3.03. The van der Waals surface area contributed by atoms with Crippen molar-refractivity contribution in [1.29, 1.82) is 0 Å². The second-order valence-electron chi connectivity index (χ2n) is 8.04. The van der Waals surface area contributed by atoms with Gasteiger partial charge in [-0.2, -0.15) is 35.4 Å². The predicted molar refractivity (Wildman–Crippen MR) is 91.5 cm³/mol. The molecule has 1 aromatic heterocycles. The van der Waals surface area contributed by atoms with Crippen LogP contribution < -0.4 is 0 Å². The molecule has 0 spiro atoms. The van der Waals surface area contributed by atoms with Gasteiger partial charge in [0.25, 0.3) is 0 Å². The van der Waals surface area contributed by atoms with Crippen LogP contribution in [0.2, 0.25) is 0 Å². The molecular formula is C21H26NORh-. The van der Waals surface area contributed by atoms with Gasteiger partial charge >= 0.3 is 0 Å². The maximum atomic E-state index is 5.43. The third-order valence-corrected chi connectivity index (χ3v) is 6.23. The first-order valence-electron chi connectivity index (χ1n) is 8.99. The van der Waals surface area contributed by atoms with Crippen LogP contribution in [0.4, 0.5) is 0 Å². The second kappa shape index (κ2) is 6.75. The van der Waals surface area contributed by atoms with Crippen LogP contribution in [0.5, 0.6) is 0 Å². The van der Waals surface area contributed by atoms with E-state index in [0.717, 1.165) is 29.3 Å². The number of aromatic nitrogens is 1. The molecule has 2 aromatic rings. The van der Waals surface area contributed by atoms with Crippen LogP contribution in [-0.4, -0.2) is 4.98 Å². The number of aryl methyl sites for hydroxylation is 1. The molecule has 131 valence electrons. The molecule has 5 rings (SSSR count). The molecule has 2 nitrogen and oxygen atoms in total. The Balaban J connectivity index is 0.00000169. The summed E-state index contributed by atoms with van der Waals surface area (Å²) in [6.45, 7) is 6.33. The standard InChI is InChI=1S/C21H26NO.Rh/c1-14-22-20(13-23-14)21(2,3)18-6-4-5-17(12-18)19-11-15-7-9-16(19)10-8-15;/h4-5,12-13,15-16,19H,7-11H2,1-3H3;/q-1;. The summed E-state index contributed by atoms with van der Waals surface area (Å²) in [5.41, 5.74) is 3.57. The van der Waals surface area contributed by atoms with Crippen LogP contribution in [0.15, 0.2) is 28.9 Å². The molecule has 0 aliphatic heterocycles. The van der Waals surface area contributed by atoms with Crippen molar-refractivity contribution in [3.05, 3.63) is 53.2 Å². The van der Waals surface area contributed by atoms with Gasteiger partial charge in [-0.05, 0) is 37.0 Å². The van der Waals surface area contributed by atoms with Crippen molar-refractivity contribution in [2.45, 2.75) is 64.2 Å². The molecule has 24 heavy (non-hydrogen) atoms. The molecule has 3 aliphatic rings. The molecule has 1 heterocycles. The van der Waals surface area contributed by atoms with Crippen molar-refractivity contribution in [3.8, 4) is 0 Å². The molecule has 3 fully saturated rings. The molecule has 1 aromatic carbocycles. The summed E-state index contributed by atoms with van der Waals surface area (Å²) in [4.78, 5) is 4.55. The number of hydrogen-bond donors (Lipinski definition) is 0.